The molecular weight excluding hydrogens is 222 g/mol. The van der Waals surface area contributed by atoms with Crippen molar-refractivity contribution in [2.24, 2.45) is 0 Å². The number of fused-ring (bicyclic) bond motifs is 1. The van der Waals surface area contributed by atoms with Gasteiger partial charge in [0, 0.05) is 37.9 Å². The number of nitrogens with zero attached hydrogens (tertiary/aromatic N) is 2. The molecular formula is C15H23N3. The summed E-state index contributed by atoms with van der Waals surface area (Å²) in [5.41, 5.74) is 2.66. The van der Waals surface area contributed by atoms with E-state index in [9.17, 15) is 0 Å². The molecule has 0 saturated carbocycles. The molecule has 1 N–H and O–H groups in total. The molecule has 0 saturated heterocycles. The molecule has 0 aliphatic carbocycles. The van der Waals surface area contributed by atoms with Crippen LogP contribution in [0.3, 0.4) is 0 Å². The average Bonchev–Trinajstić information content (AvgIpc) is 2.71. The third kappa shape index (κ3) is 3.34. The van der Waals surface area contributed by atoms with Crippen molar-refractivity contribution >= 4 is 10.9 Å². The molecule has 2 rings (SSSR count). The molecule has 0 aliphatic heterocycles. The van der Waals surface area contributed by atoms with Crippen LogP contribution in [0.5, 0.6) is 0 Å². The Bertz CT molecular complexity index is 499. The number of nitrogens with one attached hydrogen (secondary N) is 1. The second-order valence-electron chi connectivity index (χ2n) is 5.12. The summed E-state index contributed by atoms with van der Waals surface area (Å²) in [7, 11) is 4.20. The number of likely N-dealkylation sites (N-methyl/N-ethyl adjacent to an activating group) is 1. The molecule has 0 fully saturated rings. The van der Waals surface area contributed by atoms with Crippen LogP contribution in [0.2, 0.25) is 0 Å². The van der Waals surface area contributed by atoms with Crippen LogP contribution in [0.4, 0.5) is 0 Å². The lowest BCUT2D eigenvalue weighted by Gasteiger charge is -2.11. The Morgan fingerprint density at radius 3 is 2.78 bits per heavy atom. The molecule has 0 spiro atoms. The molecule has 0 amide bonds. The molecule has 2 aromatic rings. The van der Waals surface area contributed by atoms with E-state index in [-0.39, 0.29) is 0 Å². The average molecular weight is 245 g/mol. The van der Waals surface area contributed by atoms with Gasteiger partial charge in [0.25, 0.3) is 0 Å². The second-order valence-corrected chi connectivity index (χ2v) is 5.12. The molecule has 0 radical (unpaired) electrons. The van der Waals surface area contributed by atoms with Gasteiger partial charge in [0.1, 0.15) is 0 Å². The monoisotopic (exact) mass is 245 g/mol. The fraction of sp³-hybridized carbons (Fsp3) is 0.467. The first-order valence-corrected chi connectivity index (χ1v) is 6.58. The van der Waals surface area contributed by atoms with Gasteiger partial charge in [-0.1, -0.05) is 12.1 Å². The number of hydrogen-bond donors (Lipinski definition) is 1. The van der Waals surface area contributed by atoms with Crippen molar-refractivity contribution in [2.45, 2.75) is 13.5 Å². The molecule has 98 valence electrons. The van der Waals surface area contributed by atoms with Crippen molar-refractivity contribution < 1.29 is 0 Å². The van der Waals surface area contributed by atoms with Crippen molar-refractivity contribution in [3.05, 3.63) is 36.0 Å². The van der Waals surface area contributed by atoms with Crippen LogP contribution in [-0.2, 0) is 6.54 Å². The predicted octanol–water partition coefficient (Wildman–Crippen LogP) is 2.10. The van der Waals surface area contributed by atoms with Crippen molar-refractivity contribution in [3.63, 3.8) is 0 Å². The highest BCUT2D eigenvalue weighted by Crippen LogP contribution is 2.16. The van der Waals surface area contributed by atoms with Crippen LogP contribution in [0.1, 0.15) is 5.56 Å². The summed E-state index contributed by atoms with van der Waals surface area (Å²) in [4.78, 5) is 2.20. The van der Waals surface area contributed by atoms with Crippen LogP contribution >= 0.6 is 0 Å². The van der Waals surface area contributed by atoms with E-state index < -0.39 is 0 Å². The molecule has 1 aromatic carbocycles. The lowest BCUT2D eigenvalue weighted by atomic mass is 10.2. The minimum Gasteiger partial charge on any atom is -0.346 e. The number of aromatic nitrogens is 1. The number of aryl methyl sites for hydroxylation is 1. The number of hydrogen-bond acceptors (Lipinski definition) is 2. The summed E-state index contributed by atoms with van der Waals surface area (Å²) in [6, 6.07) is 8.81. The largest absolute Gasteiger partial charge is 0.346 e. The molecule has 1 heterocycles. The first-order valence-electron chi connectivity index (χ1n) is 6.58. The molecule has 0 unspecified atom stereocenters. The van der Waals surface area contributed by atoms with Gasteiger partial charge in [-0.2, -0.15) is 0 Å². The van der Waals surface area contributed by atoms with E-state index in [1.54, 1.807) is 0 Å². The Balaban J connectivity index is 1.89. The van der Waals surface area contributed by atoms with Crippen molar-refractivity contribution in [2.75, 3.05) is 33.7 Å². The lowest BCUT2D eigenvalue weighted by Crippen LogP contribution is -2.28. The number of rotatable bonds is 6. The third-order valence-electron chi connectivity index (χ3n) is 3.19. The van der Waals surface area contributed by atoms with E-state index in [1.807, 2.05) is 0 Å². The van der Waals surface area contributed by atoms with Gasteiger partial charge < -0.3 is 14.8 Å². The van der Waals surface area contributed by atoms with Crippen LogP contribution in [0.25, 0.3) is 10.9 Å². The van der Waals surface area contributed by atoms with Crippen LogP contribution < -0.4 is 5.32 Å². The van der Waals surface area contributed by atoms with Gasteiger partial charge in [-0.15, -0.1) is 0 Å². The van der Waals surface area contributed by atoms with E-state index in [4.69, 9.17) is 0 Å². The summed E-state index contributed by atoms with van der Waals surface area (Å²) >= 11 is 0. The Morgan fingerprint density at radius 2 is 2.00 bits per heavy atom. The maximum Gasteiger partial charge on any atom is 0.0483 e. The van der Waals surface area contributed by atoms with E-state index >= 15 is 0 Å². The first kappa shape index (κ1) is 13.1. The van der Waals surface area contributed by atoms with Crippen molar-refractivity contribution in [1.82, 2.24) is 14.8 Å². The third-order valence-corrected chi connectivity index (χ3v) is 3.19. The van der Waals surface area contributed by atoms with Crippen LogP contribution in [-0.4, -0.2) is 43.2 Å². The molecule has 1 aromatic heterocycles. The standard InChI is InChI=1S/C15H23N3/c1-13-4-5-14-6-9-18(15(14)12-13)11-8-16-7-10-17(2)3/h4-6,9,12,16H,7-8,10-11H2,1-3H3. The topological polar surface area (TPSA) is 20.2 Å². The van der Waals surface area contributed by atoms with E-state index in [1.165, 1.54) is 16.5 Å². The predicted molar refractivity (Wildman–Crippen MR) is 78.1 cm³/mol. The minimum absolute atomic E-state index is 1.02. The van der Waals surface area contributed by atoms with Gasteiger partial charge >= 0.3 is 0 Å². The van der Waals surface area contributed by atoms with Crippen LogP contribution in [0.15, 0.2) is 30.5 Å². The summed E-state index contributed by atoms with van der Waals surface area (Å²) in [5.74, 6) is 0. The Hall–Kier alpha value is -1.32. The normalized spacial score (nSPS) is 11.6. The number of benzene rings is 1. The summed E-state index contributed by atoms with van der Waals surface area (Å²) in [5, 5.41) is 4.80. The minimum atomic E-state index is 1.02. The van der Waals surface area contributed by atoms with Gasteiger partial charge in [-0.3, -0.25) is 0 Å². The summed E-state index contributed by atoms with van der Waals surface area (Å²) in [6.45, 7) is 6.33. The maximum atomic E-state index is 3.47. The van der Waals surface area contributed by atoms with Gasteiger partial charge in [0.05, 0.1) is 0 Å². The van der Waals surface area contributed by atoms with E-state index in [0.29, 0.717) is 0 Å². The Labute approximate surface area is 109 Å². The Morgan fingerprint density at radius 1 is 1.17 bits per heavy atom. The highest BCUT2D eigenvalue weighted by molar-refractivity contribution is 5.80. The zero-order valence-electron chi connectivity index (χ0n) is 11.6. The molecule has 0 aliphatic rings. The van der Waals surface area contributed by atoms with Gasteiger partial charge in [-0.05, 0) is 44.1 Å². The second kappa shape index (κ2) is 6.03. The molecule has 3 nitrogen and oxygen atoms in total. The highest BCUT2D eigenvalue weighted by atomic mass is 15.1. The van der Waals surface area contributed by atoms with Gasteiger partial charge in [0.15, 0.2) is 0 Å². The van der Waals surface area contributed by atoms with Crippen LogP contribution in [0, 0.1) is 6.92 Å². The molecule has 3 heteroatoms. The van der Waals surface area contributed by atoms with Crippen molar-refractivity contribution in [3.8, 4) is 0 Å². The lowest BCUT2D eigenvalue weighted by molar-refractivity contribution is 0.398. The zero-order valence-corrected chi connectivity index (χ0v) is 11.6. The van der Waals surface area contributed by atoms with Gasteiger partial charge in [-0.25, -0.2) is 0 Å². The van der Waals surface area contributed by atoms with E-state index in [0.717, 1.165) is 26.2 Å². The molecule has 0 bridgehead atoms. The zero-order chi connectivity index (χ0) is 13.0. The fourth-order valence-corrected chi connectivity index (χ4v) is 2.12. The SMILES string of the molecule is Cc1ccc2ccn(CCNCCN(C)C)c2c1. The smallest absolute Gasteiger partial charge is 0.0483 e. The molecule has 0 atom stereocenters. The molecule has 18 heavy (non-hydrogen) atoms. The Kier molecular flexibility index (Phi) is 4.39. The maximum absolute atomic E-state index is 3.47. The summed E-state index contributed by atoms with van der Waals surface area (Å²) < 4.78 is 2.32. The van der Waals surface area contributed by atoms with E-state index in [2.05, 4.69) is 66.3 Å². The van der Waals surface area contributed by atoms with Crippen molar-refractivity contribution in [1.29, 1.82) is 0 Å². The highest BCUT2D eigenvalue weighted by Gasteiger charge is 2.00. The summed E-state index contributed by atoms with van der Waals surface area (Å²) in [6.07, 6.45) is 2.18. The first-order chi connectivity index (χ1) is 8.66. The quantitative estimate of drug-likeness (QED) is 0.787. The van der Waals surface area contributed by atoms with Gasteiger partial charge in [0.2, 0.25) is 0 Å². The fourth-order valence-electron chi connectivity index (χ4n) is 2.12.